The summed E-state index contributed by atoms with van der Waals surface area (Å²) in [5, 5.41) is 9.76. The fraction of sp³-hybridized carbons (Fsp3) is 0.167. The van der Waals surface area contributed by atoms with E-state index >= 15 is 0 Å². The highest BCUT2D eigenvalue weighted by Crippen LogP contribution is 2.19. The van der Waals surface area contributed by atoms with Crippen molar-refractivity contribution in [3.8, 4) is 0 Å². The van der Waals surface area contributed by atoms with E-state index in [1.807, 2.05) is 56.4 Å². The van der Waals surface area contributed by atoms with Gasteiger partial charge >= 0.3 is 0 Å². The van der Waals surface area contributed by atoms with E-state index in [9.17, 15) is 4.79 Å². The third-order valence-electron chi connectivity index (χ3n) is 3.47. The SMILES string of the molecule is CC.Nc1ccc(Cn2ccc3ccc(C(=O)NO)cc32)cc1. The first-order valence-electron chi connectivity index (χ1n) is 7.55. The molecule has 1 aromatic heterocycles. The summed E-state index contributed by atoms with van der Waals surface area (Å²) < 4.78 is 2.05. The first-order chi connectivity index (χ1) is 11.2. The molecule has 3 aromatic rings. The van der Waals surface area contributed by atoms with Crippen LogP contribution < -0.4 is 11.2 Å². The molecule has 0 aliphatic rings. The third kappa shape index (κ3) is 3.70. The number of fused-ring (bicyclic) bond motifs is 1. The standard InChI is InChI=1S/C16H15N3O2.C2H6/c17-14-5-1-11(2-6-14)10-19-8-7-12-3-4-13(9-15(12)19)16(20)18-21;1-2/h1-9,21H,10,17H2,(H,18,20);1-2H3. The van der Waals surface area contributed by atoms with Gasteiger partial charge < -0.3 is 10.3 Å². The van der Waals surface area contributed by atoms with E-state index in [4.69, 9.17) is 10.9 Å². The molecule has 0 unspecified atom stereocenters. The highest BCUT2D eigenvalue weighted by molar-refractivity contribution is 5.97. The van der Waals surface area contributed by atoms with E-state index in [2.05, 4.69) is 4.57 Å². The smallest absolute Gasteiger partial charge is 0.274 e. The van der Waals surface area contributed by atoms with Crippen molar-refractivity contribution in [2.75, 3.05) is 5.73 Å². The number of carbonyl (C=O) groups excluding carboxylic acids is 1. The summed E-state index contributed by atoms with van der Waals surface area (Å²) in [5.41, 5.74) is 10.6. The van der Waals surface area contributed by atoms with E-state index < -0.39 is 5.91 Å². The zero-order valence-corrected chi connectivity index (χ0v) is 13.3. The van der Waals surface area contributed by atoms with E-state index in [0.717, 1.165) is 22.2 Å². The molecule has 120 valence electrons. The van der Waals surface area contributed by atoms with Gasteiger partial charge in [-0.05, 0) is 41.3 Å². The largest absolute Gasteiger partial charge is 0.399 e. The summed E-state index contributed by atoms with van der Waals surface area (Å²) in [5.74, 6) is -0.517. The Bertz CT molecular complexity index is 792. The Morgan fingerprint density at radius 2 is 1.83 bits per heavy atom. The summed E-state index contributed by atoms with van der Waals surface area (Å²) in [7, 11) is 0. The number of aromatic nitrogens is 1. The Kier molecular flexibility index (Phi) is 5.38. The lowest BCUT2D eigenvalue weighted by atomic mass is 10.1. The maximum Gasteiger partial charge on any atom is 0.274 e. The predicted molar refractivity (Wildman–Crippen MR) is 92.5 cm³/mol. The van der Waals surface area contributed by atoms with Crippen LogP contribution in [-0.2, 0) is 6.54 Å². The Labute approximate surface area is 135 Å². The maximum atomic E-state index is 11.5. The zero-order valence-electron chi connectivity index (χ0n) is 13.3. The second kappa shape index (κ2) is 7.47. The molecule has 4 N–H and O–H groups in total. The molecule has 0 spiro atoms. The van der Waals surface area contributed by atoms with E-state index in [0.29, 0.717) is 12.1 Å². The van der Waals surface area contributed by atoms with Gasteiger partial charge in [0.25, 0.3) is 5.91 Å². The number of amides is 1. The molecule has 0 radical (unpaired) electrons. The maximum absolute atomic E-state index is 11.5. The van der Waals surface area contributed by atoms with Crippen LogP contribution in [0.15, 0.2) is 54.7 Å². The number of rotatable bonds is 3. The second-order valence-corrected chi connectivity index (χ2v) is 4.90. The average Bonchev–Trinajstić information content (AvgIpc) is 3.00. The molecule has 0 aliphatic carbocycles. The van der Waals surface area contributed by atoms with Crippen molar-refractivity contribution in [1.29, 1.82) is 0 Å². The topological polar surface area (TPSA) is 80.3 Å². The number of hydrogen-bond acceptors (Lipinski definition) is 3. The van der Waals surface area contributed by atoms with Crippen LogP contribution in [0, 0.1) is 0 Å². The summed E-state index contributed by atoms with van der Waals surface area (Å²) >= 11 is 0. The summed E-state index contributed by atoms with van der Waals surface area (Å²) in [4.78, 5) is 11.5. The van der Waals surface area contributed by atoms with Crippen molar-refractivity contribution < 1.29 is 10.0 Å². The van der Waals surface area contributed by atoms with Crippen molar-refractivity contribution in [3.05, 3.63) is 65.9 Å². The molecule has 0 fully saturated rings. The molecule has 0 saturated heterocycles. The Morgan fingerprint density at radius 1 is 1.13 bits per heavy atom. The van der Waals surface area contributed by atoms with Crippen LogP contribution in [0.25, 0.3) is 10.9 Å². The van der Waals surface area contributed by atoms with Gasteiger partial charge in [-0.25, -0.2) is 5.48 Å². The van der Waals surface area contributed by atoms with Gasteiger partial charge in [0, 0.05) is 29.5 Å². The van der Waals surface area contributed by atoms with E-state index in [1.54, 1.807) is 17.6 Å². The normalized spacial score (nSPS) is 10.0. The lowest BCUT2D eigenvalue weighted by Gasteiger charge is -2.07. The fourth-order valence-electron chi connectivity index (χ4n) is 2.35. The van der Waals surface area contributed by atoms with Gasteiger partial charge in [-0.2, -0.15) is 0 Å². The summed E-state index contributed by atoms with van der Waals surface area (Å²) in [6, 6.07) is 15.0. The number of nitrogen functional groups attached to an aromatic ring is 1. The van der Waals surface area contributed by atoms with Gasteiger partial charge in [-0.15, -0.1) is 0 Å². The number of anilines is 1. The Morgan fingerprint density at radius 3 is 2.48 bits per heavy atom. The number of hydrogen-bond donors (Lipinski definition) is 3. The monoisotopic (exact) mass is 311 g/mol. The molecule has 23 heavy (non-hydrogen) atoms. The van der Waals surface area contributed by atoms with Crippen LogP contribution in [0.5, 0.6) is 0 Å². The lowest BCUT2D eigenvalue weighted by Crippen LogP contribution is -2.18. The van der Waals surface area contributed by atoms with Crippen molar-refractivity contribution in [3.63, 3.8) is 0 Å². The fourth-order valence-corrected chi connectivity index (χ4v) is 2.35. The van der Waals surface area contributed by atoms with Crippen molar-refractivity contribution in [2.24, 2.45) is 0 Å². The molecule has 0 bridgehead atoms. The highest BCUT2D eigenvalue weighted by atomic mass is 16.5. The van der Waals surface area contributed by atoms with Gasteiger partial charge in [0.05, 0.1) is 0 Å². The van der Waals surface area contributed by atoms with Gasteiger partial charge in [-0.1, -0.05) is 32.0 Å². The van der Waals surface area contributed by atoms with Crippen LogP contribution in [0.3, 0.4) is 0 Å². The third-order valence-corrected chi connectivity index (χ3v) is 3.47. The number of nitrogens with two attached hydrogens (primary N) is 1. The molecular formula is C18H21N3O2. The molecule has 5 nitrogen and oxygen atoms in total. The molecule has 1 heterocycles. The zero-order chi connectivity index (χ0) is 16.8. The van der Waals surface area contributed by atoms with Gasteiger partial charge in [0.15, 0.2) is 0 Å². The van der Waals surface area contributed by atoms with E-state index in [-0.39, 0.29) is 0 Å². The minimum atomic E-state index is -0.517. The Hall–Kier alpha value is -2.79. The van der Waals surface area contributed by atoms with Crippen molar-refractivity contribution in [2.45, 2.75) is 20.4 Å². The summed E-state index contributed by atoms with van der Waals surface area (Å²) in [6.07, 6.45) is 1.97. The molecule has 5 heteroatoms. The minimum absolute atomic E-state index is 0.419. The van der Waals surface area contributed by atoms with Crippen molar-refractivity contribution >= 4 is 22.5 Å². The second-order valence-electron chi connectivity index (χ2n) is 4.90. The number of benzene rings is 2. The highest BCUT2D eigenvalue weighted by Gasteiger charge is 2.08. The molecule has 3 rings (SSSR count). The van der Waals surface area contributed by atoms with Crippen LogP contribution in [0.1, 0.15) is 29.8 Å². The van der Waals surface area contributed by atoms with Crippen LogP contribution in [0.2, 0.25) is 0 Å². The minimum Gasteiger partial charge on any atom is -0.399 e. The predicted octanol–water partition coefficient (Wildman–Crippen LogP) is 3.42. The van der Waals surface area contributed by atoms with Crippen LogP contribution in [0.4, 0.5) is 5.69 Å². The molecule has 1 amide bonds. The lowest BCUT2D eigenvalue weighted by molar-refractivity contribution is 0.0706. The van der Waals surface area contributed by atoms with Gasteiger partial charge in [0.2, 0.25) is 0 Å². The number of hydroxylamine groups is 1. The molecule has 2 aromatic carbocycles. The first kappa shape index (κ1) is 16.6. The Balaban J connectivity index is 0.000000924. The van der Waals surface area contributed by atoms with Crippen LogP contribution >= 0.6 is 0 Å². The molecular weight excluding hydrogens is 290 g/mol. The van der Waals surface area contributed by atoms with Gasteiger partial charge in [-0.3, -0.25) is 10.0 Å². The molecule has 0 aliphatic heterocycles. The first-order valence-corrected chi connectivity index (χ1v) is 7.55. The number of nitrogens with one attached hydrogen (secondary N) is 1. The summed E-state index contributed by atoms with van der Waals surface area (Å²) in [6.45, 7) is 4.69. The molecule has 0 atom stereocenters. The molecule has 0 saturated carbocycles. The van der Waals surface area contributed by atoms with E-state index in [1.165, 1.54) is 0 Å². The number of carbonyl (C=O) groups is 1. The van der Waals surface area contributed by atoms with Crippen LogP contribution in [-0.4, -0.2) is 15.7 Å². The number of nitrogens with zero attached hydrogens (tertiary/aromatic N) is 1. The average molecular weight is 311 g/mol. The van der Waals surface area contributed by atoms with Gasteiger partial charge in [0.1, 0.15) is 0 Å². The quantitative estimate of drug-likeness (QED) is 0.394. The van der Waals surface area contributed by atoms with Crippen molar-refractivity contribution in [1.82, 2.24) is 10.0 Å².